The van der Waals surface area contributed by atoms with Crippen molar-refractivity contribution in [1.29, 1.82) is 0 Å². The normalized spacial score (nSPS) is 14.2. The average molecular weight is 502 g/mol. The number of hydrogen-bond acceptors (Lipinski definition) is 9. The van der Waals surface area contributed by atoms with Crippen LogP contribution in [0.3, 0.4) is 0 Å². The number of aliphatic carboxylic acids is 2. The Hall–Kier alpha value is -3.66. The third kappa shape index (κ3) is 9.86. The zero-order chi connectivity index (χ0) is 25.8. The number of hydrogen-bond donors (Lipinski definition) is 9. The molecule has 1 aromatic rings. The highest BCUT2D eigenvalue weighted by molar-refractivity contribution is 7.80. The summed E-state index contributed by atoms with van der Waals surface area (Å²) in [6.45, 7) is 0. The molecule has 15 nitrogen and oxygen atoms in total. The fourth-order valence-electron chi connectivity index (χ4n) is 2.67. The number of carbonyl (C=O) groups excluding carboxylic acids is 4. The van der Waals surface area contributed by atoms with Crippen LogP contribution < -0.4 is 27.4 Å². The molecule has 188 valence electrons. The van der Waals surface area contributed by atoms with Gasteiger partial charge in [-0.3, -0.25) is 24.0 Å². The number of imidazole rings is 1. The lowest BCUT2D eigenvalue weighted by molar-refractivity contribution is -0.147. The zero-order valence-corrected chi connectivity index (χ0v) is 18.8. The molecular formula is C18H27N7O8S. The van der Waals surface area contributed by atoms with Gasteiger partial charge in [0.15, 0.2) is 0 Å². The summed E-state index contributed by atoms with van der Waals surface area (Å²) in [6.07, 6.45) is 1.43. The summed E-state index contributed by atoms with van der Waals surface area (Å²) in [5.74, 6) is -6.67. The third-order valence-electron chi connectivity index (χ3n) is 4.45. The molecule has 0 bridgehead atoms. The molecule has 34 heavy (non-hydrogen) atoms. The molecule has 1 aromatic heterocycles. The number of nitrogens with two attached hydrogens (primary N) is 2. The summed E-state index contributed by atoms with van der Waals surface area (Å²) in [6, 6.07) is -5.49. The second-order valence-electron chi connectivity index (χ2n) is 7.19. The van der Waals surface area contributed by atoms with Gasteiger partial charge in [-0.2, -0.15) is 12.6 Å². The fraction of sp³-hybridized carbons (Fsp3) is 0.500. The summed E-state index contributed by atoms with van der Waals surface area (Å²) in [7, 11) is 0. The van der Waals surface area contributed by atoms with E-state index >= 15 is 0 Å². The minimum Gasteiger partial charge on any atom is -0.481 e. The third-order valence-corrected chi connectivity index (χ3v) is 4.82. The van der Waals surface area contributed by atoms with Crippen molar-refractivity contribution < 1.29 is 39.0 Å². The Bertz CT molecular complexity index is 895. The Kier molecular flexibility index (Phi) is 11.5. The quantitative estimate of drug-likeness (QED) is 0.107. The number of carbonyl (C=O) groups is 6. The number of aromatic amines is 1. The van der Waals surface area contributed by atoms with Gasteiger partial charge in [-0.25, -0.2) is 9.78 Å². The van der Waals surface area contributed by atoms with E-state index in [9.17, 15) is 28.8 Å². The summed E-state index contributed by atoms with van der Waals surface area (Å²) in [5, 5.41) is 24.6. The number of carboxylic acids is 2. The van der Waals surface area contributed by atoms with Crippen molar-refractivity contribution in [3.8, 4) is 0 Å². The Morgan fingerprint density at radius 3 is 2.09 bits per heavy atom. The summed E-state index contributed by atoms with van der Waals surface area (Å²) in [4.78, 5) is 77.3. The van der Waals surface area contributed by atoms with Gasteiger partial charge in [0.1, 0.15) is 18.1 Å². The molecule has 10 N–H and O–H groups in total. The van der Waals surface area contributed by atoms with Crippen LogP contribution >= 0.6 is 12.6 Å². The molecule has 0 aromatic carbocycles. The van der Waals surface area contributed by atoms with Crippen LogP contribution in [0.25, 0.3) is 0 Å². The van der Waals surface area contributed by atoms with Crippen molar-refractivity contribution in [2.24, 2.45) is 11.5 Å². The monoisotopic (exact) mass is 501 g/mol. The fourth-order valence-corrected chi connectivity index (χ4v) is 2.93. The number of amides is 4. The predicted molar refractivity (Wildman–Crippen MR) is 118 cm³/mol. The van der Waals surface area contributed by atoms with Crippen LogP contribution in [0.15, 0.2) is 12.5 Å². The molecule has 0 radical (unpaired) electrons. The first-order valence-corrected chi connectivity index (χ1v) is 10.6. The van der Waals surface area contributed by atoms with Crippen molar-refractivity contribution in [3.63, 3.8) is 0 Å². The van der Waals surface area contributed by atoms with Crippen LogP contribution in [-0.2, 0) is 35.2 Å². The van der Waals surface area contributed by atoms with E-state index in [2.05, 4.69) is 33.2 Å². The molecule has 16 heteroatoms. The van der Waals surface area contributed by atoms with Gasteiger partial charge in [0.25, 0.3) is 0 Å². The number of nitrogens with zero attached hydrogens (tertiary/aromatic N) is 1. The highest BCUT2D eigenvalue weighted by atomic mass is 32.1. The molecule has 0 saturated carbocycles. The molecule has 0 spiro atoms. The molecule has 0 aliphatic heterocycles. The maximum atomic E-state index is 12.7. The van der Waals surface area contributed by atoms with Crippen molar-refractivity contribution in [2.45, 2.75) is 49.9 Å². The van der Waals surface area contributed by atoms with Crippen LogP contribution in [0.4, 0.5) is 0 Å². The lowest BCUT2D eigenvalue weighted by Crippen LogP contribution is -2.58. The molecule has 0 aliphatic carbocycles. The average Bonchev–Trinajstić information content (AvgIpc) is 3.26. The topological polar surface area (TPSA) is 260 Å². The number of nitrogens with one attached hydrogen (secondary N) is 4. The first-order valence-electron chi connectivity index (χ1n) is 9.92. The molecule has 4 unspecified atom stereocenters. The number of aromatic nitrogens is 2. The van der Waals surface area contributed by atoms with Crippen molar-refractivity contribution >= 4 is 48.2 Å². The van der Waals surface area contributed by atoms with E-state index in [-0.39, 0.29) is 25.0 Å². The molecule has 1 rings (SSSR count). The van der Waals surface area contributed by atoms with E-state index in [1.807, 2.05) is 5.32 Å². The highest BCUT2D eigenvalue weighted by Crippen LogP contribution is 2.03. The Morgan fingerprint density at radius 2 is 1.59 bits per heavy atom. The standard InChI is InChI=1S/C18H27N7O8S/c19-9(3-8-5-21-7-22-8)15(29)25-12(6-34)17(31)23-10(1-2-13(20)26)16(30)24-11(18(32)33)4-14(27)28/h5,7,9-12,34H,1-4,6,19H2,(H2,20,26)(H,21,22)(H,23,31)(H,24,30)(H,25,29)(H,27,28)(H,32,33). The van der Waals surface area contributed by atoms with E-state index in [1.54, 1.807) is 0 Å². The molecular weight excluding hydrogens is 474 g/mol. The number of thiol groups is 1. The minimum atomic E-state index is -1.78. The first-order chi connectivity index (χ1) is 15.9. The van der Waals surface area contributed by atoms with Crippen molar-refractivity contribution in [3.05, 3.63) is 18.2 Å². The predicted octanol–water partition coefficient (Wildman–Crippen LogP) is -3.51. The van der Waals surface area contributed by atoms with E-state index in [0.29, 0.717) is 5.69 Å². The van der Waals surface area contributed by atoms with Gasteiger partial charge >= 0.3 is 11.9 Å². The van der Waals surface area contributed by atoms with Crippen LogP contribution in [0.2, 0.25) is 0 Å². The van der Waals surface area contributed by atoms with Gasteiger partial charge in [0, 0.05) is 30.5 Å². The largest absolute Gasteiger partial charge is 0.481 e. The van der Waals surface area contributed by atoms with Crippen molar-refractivity contribution in [2.75, 3.05) is 5.75 Å². The zero-order valence-electron chi connectivity index (χ0n) is 17.9. The molecule has 4 amide bonds. The van der Waals surface area contributed by atoms with Gasteiger partial charge in [-0.05, 0) is 6.42 Å². The number of H-pyrrole nitrogens is 1. The van der Waals surface area contributed by atoms with E-state index in [4.69, 9.17) is 21.7 Å². The SMILES string of the molecule is NC(=O)CCC(NC(=O)C(CS)NC(=O)C(N)Cc1cnc[nH]1)C(=O)NC(CC(=O)O)C(=O)O. The van der Waals surface area contributed by atoms with E-state index < -0.39 is 66.2 Å². The number of primary amides is 1. The summed E-state index contributed by atoms with van der Waals surface area (Å²) in [5.41, 5.74) is 11.5. The van der Waals surface area contributed by atoms with Crippen molar-refractivity contribution in [1.82, 2.24) is 25.9 Å². The molecule has 1 heterocycles. The summed E-state index contributed by atoms with van der Waals surface area (Å²) < 4.78 is 0. The molecule has 0 aliphatic rings. The second-order valence-corrected chi connectivity index (χ2v) is 7.56. The van der Waals surface area contributed by atoms with Crippen LogP contribution in [0, 0.1) is 0 Å². The second kappa shape index (κ2) is 13.8. The Balaban J connectivity index is 2.86. The highest BCUT2D eigenvalue weighted by Gasteiger charge is 2.31. The van der Waals surface area contributed by atoms with E-state index in [1.165, 1.54) is 12.5 Å². The van der Waals surface area contributed by atoms with Crippen LogP contribution in [0.1, 0.15) is 25.0 Å². The number of rotatable bonds is 15. The lowest BCUT2D eigenvalue weighted by atomic mass is 10.1. The smallest absolute Gasteiger partial charge is 0.326 e. The molecule has 0 fully saturated rings. The maximum Gasteiger partial charge on any atom is 0.326 e. The van der Waals surface area contributed by atoms with E-state index in [0.717, 1.165) is 0 Å². The maximum absolute atomic E-state index is 12.7. The Labute approximate surface area is 198 Å². The van der Waals surface area contributed by atoms with Gasteiger partial charge in [0.2, 0.25) is 23.6 Å². The van der Waals surface area contributed by atoms with Gasteiger partial charge in [-0.1, -0.05) is 0 Å². The van der Waals surface area contributed by atoms with Gasteiger partial charge in [-0.15, -0.1) is 0 Å². The lowest BCUT2D eigenvalue weighted by Gasteiger charge is -2.24. The van der Waals surface area contributed by atoms with Gasteiger partial charge < -0.3 is 42.6 Å². The first kappa shape index (κ1) is 28.4. The van der Waals surface area contributed by atoms with Gasteiger partial charge in [0.05, 0.1) is 18.8 Å². The molecule has 4 atom stereocenters. The van der Waals surface area contributed by atoms with Crippen LogP contribution in [-0.4, -0.2) is 85.7 Å². The number of carboxylic acid groups (broad SMARTS) is 2. The van der Waals surface area contributed by atoms with Crippen LogP contribution in [0.5, 0.6) is 0 Å². The molecule has 0 saturated heterocycles. The summed E-state index contributed by atoms with van der Waals surface area (Å²) >= 11 is 4.02. The Morgan fingerprint density at radius 1 is 1.00 bits per heavy atom. The minimum absolute atomic E-state index is 0.108.